The third-order valence-electron chi connectivity index (χ3n) is 2.90. The summed E-state index contributed by atoms with van der Waals surface area (Å²) >= 11 is 0. The van der Waals surface area contributed by atoms with Gasteiger partial charge < -0.3 is 4.57 Å². The maximum atomic E-state index is 12.3. The number of benzene rings is 1. The summed E-state index contributed by atoms with van der Waals surface area (Å²) in [4.78, 5) is 12.3. The number of H-pyrrole nitrogens is 1. The zero-order valence-corrected chi connectivity index (χ0v) is 9.34. The van der Waals surface area contributed by atoms with Crippen molar-refractivity contribution in [2.45, 2.75) is 0 Å². The third kappa shape index (κ3) is 1.45. The van der Waals surface area contributed by atoms with Crippen LogP contribution in [0, 0.1) is 0 Å². The van der Waals surface area contributed by atoms with Crippen LogP contribution in [0.25, 0.3) is 10.9 Å². The summed E-state index contributed by atoms with van der Waals surface area (Å²) in [6.45, 7) is 0. The SMILES string of the molecule is Cn1cc(C(=O)c2cn[nH]c2)c2ccccc21. The van der Waals surface area contributed by atoms with E-state index in [2.05, 4.69) is 10.2 Å². The molecule has 0 aliphatic heterocycles. The second-order valence-electron chi connectivity index (χ2n) is 3.99. The summed E-state index contributed by atoms with van der Waals surface area (Å²) in [6, 6.07) is 7.87. The average molecular weight is 225 g/mol. The topological polar surface area (TPSA) is 50.7 Å². The molecule has 3 rings (SSSR count). The van der Waals surface area contributed by atoms with E-state index >= 15 is 0 Å². The van der Waals surface area contributed by atoms with Gasteiger partial charge in [0.2, 0.25) is 0 Å². The smallest absolute Gasteiger partial charge is 0.198 e. The molecular weight excluding hydrogens is 214 g/mol. The molecule has 1 aromatic carbocycles. The van der Waals surface area contributed by atoms with Gasteiger partial charge in [-0.3, -0.25) is 9.89 Å². The molecule has 0 spiro atoms. The second-order valence-corrected chi connectivity index (χ2v) is 3.99. The van der Waals surface area contributed by atoms with Crippen molar-refractivity contribution in [2.24, 2.45) is 7.05 Å². The Morgan fingerprint density at radius 2 is 2.18 bits per heavy atom. The Hall–Kier alpha value is -2.36. The number of carbonyl (C=O) groups excluding carboxylic acids is 1. The first-order valence-electron chi connectivity index (χ1n) is 5.35. The van der Waals surface area contributed by atoms with E-state index in [1.54, 1.807) is 12.4 Å². The maximum Gasteiger partial charge on any atom is 0.198 e. The van der Waals surface area contributed by atoms with Crippen LogP contribution in [0.15, 0.2) is 42.9 Å². The minimum atomic E-state index is -0.00412. The van der Waals surface area contributed by atoms with Crippen molar-refractivity contribution < 1.29 is 4.79 Å². The zero-order valence-electron chi connectivity index (χ0n) is 9.34. The van der Waals surface area contributed by atoms with E-state index in [0.717, 1.165) is 10.9 Å². The number of rotatable bonds is 2. The van der Waals surface area contributed by atoms with Crippen molar-refractivity contribution in [2.75, 3.05) is 0 Å². The molecule has 0 amide bonds. The molecule has 2 aromatic heterocycles. The van der Waals surface area contributed by atoms with E-state index < -0.39 is 0 Å². The predicted octanol–water partition coefficient (Wildman–Crippen LogP) is 2.13. The number of hydrogen-bond donors (Lipinski definition) is 1. The van der Waals surface area contributed by atoms with E-state index in [-0.39, 0.29) is 5.78 Å². The molecular formula is C13H11N3O. The van der Waals surface area contributed by atoms with Gasteiger partial charge in [0.05, 0.1) is 11.8 Å². The summed E-state index contributed by atoms with van der Waals surface area (Å²) < 4.78 is 1.96. The van der Waals surface area contributed by atoms with Crippen LogP contribution in [-0.2, 0) is 7.05 Å². The lowest BCUT2D eigenvalue weighted by molar-refractivity contribution is 0.104. The van der Waals surface area contributed by atoms with Crippen molar-refractivity contribution in [1.29, 1.82) is 0 Å². The van der Waals surface area contributed by atoms with Crippen molar-refractivity contribution in [3.8, 4) is 0 Å². The Morgan fingerprint density at radius 1 is 1.35 bits per heavy atom. The molecule has 0 unspecified atom stereocenters. The van der Waals surface area contributed by atoms with Crippen LogP contribution in [0.1, 0.15) is 15.9 Å². The normalized spacial score (nSPS) is 10.9. The highest BCUT2D eigenvalue weighted by molar-refractivity contribution is 6.16. The molecule has 0 aliphatic carbocycles. The molecule has 1 N–H and O–H groups in total. The lowest BCUT2D eigenvalue weighted by atomic mass is 10.1. The number of carbonyl (C=O) groups is 1. The van der Waals surface area contributed by atoms with Crippen molar-refractivity contribution >= 4 is 16.7 Å². The highest BCUT2D eigenvalue weighted by atomic mass is 16.1. The van der Waals surface area contributed by atoms with Gasteiger partial charge in [-0.1, -0.05) is 18.2 Å². The maximum absolute atomic E-state index is 12.3. The first-order valence-corrected chi connectivity index (χ1v) is 5.35. The van der Waals surface area contributed by atoms with E-state index in [1.807, 2.05) is 42.1 Å². The number of hydrogen-bond acceptors (Lipinski definition) is 2. The van der Waals surface area contributed by atoms with Crippen LogP contribution < -0.4 is 0 Å². The summed E-state index contributed by atoms with van der Waals surface area (Å²) in [6.07, 6.45) is 5.02. The van der Waals surface area contributed by atoms with Gasteiger partial charge in [0, 0.05) is 35.9 Å². The minimum absolute atomic E-state index is 0.00412. The highest BCUT2D eigenvalue weighted by Crippen LogP contribution is 2.22. The number of aryl methyl sites for hydroxylation is 1. The second kappa shape index (κ2) is 3.59. The van der Waals surface area contributed by atoms with Gasteiger partial charge in [-0.05, 0) is 6.07 Å². The Labute approximate surface area is 97.9 Å². The number of nitrogens with zero attached hydrogens (tertiary/aromatic N) is 2. The van der Waals surface area contributed by atoms with E-state index in [0.29, 0.717) is 11.1 Å². The Balaban J connectivity index is 2.22. The van der Waals surface area contributed by atoms with Gasteiger partial charge in [-0.25, -0.2) is 0 Å². The van der Waals surface area contributed by atoms with Crippen LogP contribution >= 0.6 is 0 Å². The van der Waals surface area contributed by atoms with Crippen molar-refractivity contribution in [1.82, 2.24) is 14.8 Å². The quantitative estimate of drug-likeness (QED) is 0.679. The largest absolute Gasteiger partial charge is 0.350 e. The van der Waals surface area contributed by atoms with Gasteiger partial charge in [0.25, 0.3) is 0 Å². The highest BCUT2D eigenvalue weighted by Gasteiger charge is 2.15. The first kappa shape index (κ1) is 9.84. The van der Waals surface area contributed by atoms with Crippen molar-refractivity contribution in [3.63, 3.8) is 0 Å². The third-order valence-corrected chi connectivity index (χ3v) is 2.90. The molecule has 4 heteroatoms. The summed E-state index contributed by atoms with van der Waals surface area (Å²) in [7, 11) is 1.94. The van der Waals surface area contributed by atoms with Crippen LogP contribution in [0.4, 0.5) is 0 Å². The number of ketones is 1. The number of fused-ring (bicyclic) bond motifs is 1. The fourth-order valence-corrected chi connectivity index (χ4v) is 2.05. The fourth-order valence-electron chi connectivity index (χ4n) is 2.05. The average Bonchev–Trinajstić information content (AvgIpc) is 2.97. The monoisotopic (exact) mass is 225 g/mol. The molecule has 0 aliphatic rings. The molecule has 17 heavy (non-hydrogen) atoms. The number of aromatic nitrogens is 3. The van der Waals surface area contributed by atoms with Crippen LogP contribution in [0.2, 0.25) is 0 Å². The first-order chi connectivity index (χ1) is 8.27. The van der Waals surface area contributed by atoms with Crippen molar-refractivity contribution in [3.05, 3.63) is 54.0 Å². The van der Waals surface area contributed by atoms with E-state index in [1.165, 1.54) is 0 Å². The molecule has 3 aromatic rings. The molecule has 84 valence electrons. The number of aromatic amines is 1. The van der Waals surface area contributed by atoms with E-state index in [9.17, 15) is 4.79 Å². The minimum Gasteiger partial charge on any atom is -0.350 e. The standard InChI is InChI=1S/C13H11N3O/c1-16-8-11(10-4-2-3-5-12(10)16)13(17)9-6-14-15-7-9/h2-8H,1H3,(H,14,15). The number of nitrogens with one attached hydrogen (secondary N) is 1. The Morgan fingerprint density at radius 3 is 2.94 bits per heavy atom. The zero-order chi connectivity index (χ0) is 11.8. The molecule has 4 nitrogen and oxygen atoms in total. The molecule has 0 radical (unpaired) electrons. The molecule has 0 saturated carbocycles. The summed E-state index contributed by atoms with van der Waals surface area (Å²) in [5, 5.41) is 7.43. The van der Waals surface area contributed by atoms with Crippen LogP contribution in [0.5, 0.6) is 0 Å². The molecule has 0 atom stereocenters. The van der Waals surface area contributed by atoms with Gasteiger partial charge in [0.1, 0.15) is 0 Å². The van der Waals surface area contributed by atoms with E-state index in [4.69, 9.17) is 0 Å². The summed E-state index contributed by atoms with van der Waals surface area (Å²) in [5.41, 5.74) is 2.35. The lowest BCUT2D eigenvalue weighted by Gasteiger charge is -1.95. The Bertz CT molecular complexity index is 680. The molecule has 2 heterocycles. The predicted molar refractivity (Wildman–Crippen MR) is 64.9 cm³/mol. The summed E-state index contributed by atoms with van der Waals surface area (Å²) in [5.74, 6) is -0.00412. The fraction of sp³-hybridized carbons (Fsp3) is 0.0769. The molecule has 0 saturated heterocycles. The van der Waals surface area contributed by atoms with Crippen LogP contribution in [-0.4, -0.2) is 20.5 Å². The Kier molecular flexibility index (Phi) is 2.08. The molecule has 0 bridgehead atoms. The van der Waals surface area contributed by atoms with Gasteiger partial charge in [0.15, 0.2) is 5.78 Å². The lowest BCUT2D eigenvalue weighted by Crippen LogP contribution is -1.98. The molecule has 0 fully saturated rings. The van der Waals surface area contributed by atoms with Crippen LogP contribution in [0.3, 0.4) is 0 Å². The van der Waals surface area contributed by atoms with Gasteiger partial charge >= 0.3 is 0 Å². The van der Waals surface area contributed by atoms with Gasteiger partial charge in [-0.2, -0.15) is 5.10 Å². The van der Waals surface area contributed by atoms with Gasteiger partial charge in [-0.15, -0.1) is 0 Å². The number of para-hydroxylation sites is 1.